The molecule has 1 aromatic rings. The maximum atomic E-state index is 12.3. The molecule has 0 radical (unpaired) electrons. The van der Waals surface area contributed by atoms with Crippen LogP contribution >= 0.6 is 0 Å². The van der Waals surface area contributed by atoms with Crippen LogP contribution in [0.2, 0.25) is 0 Å². The highest BCUT2D eigenvalue weighted by molar-refractivity contribution is 5.97. The van der Waals surface area contributed by atoms with Gasteiger partial charge in [0.25, 0.3) is 5.91 Å². The van der Waals surface area contributed by atoms with E-state index in [1.54, 1.807) is 18.2 Å². The normalized spacial score (nSPS) is 12.1. The van der Waals surface area contributed by atoms with Gasteiger partial charge in [0.1, 0.15) is 6.04 Å². The first-order valence-electron chi connectivity index (χ1n) is 7.63. The molecule has 6 heteroatoms. The molecule has 128 valence electrons. The molecule has 0 aliphatic heterocycles. The predicted octanol–water partition coefficient (Wildman–Crippen LogP) is 2.71. The van der Waals surface area contributed by atoms with Crippen LogP contribution in [0.25, 0.3) is 0 Å². The molecule has 0 saturated heterocycles. The average molecular weight is 323 g/mol. The van der Waals surface area contributed by atoms with Crippen molar-refractivity contribution in [2.75, 3.05) is 7.11 Å². The summed E-state index contributed by atoms with van der Waals surface area (Å²) in [6.45, 7) is 7.60. The second kappa shape index (κ2) is 8.41. The molecule has 1 rings (SSSR count). The van der Waals surface area contributed by atoms with E-state index in [1.807, 2.05) is 27.7 Å². The SMILES string of the molecule is COc1cc(C(=O)N[C@@H](CC(C)C)C(=O)O)ccc1OC(C)C. The van der Waals surface area contributed by atoms with Crippen LogP contribution in [-0.4, -0.2) is 36.2 Å². The van der Waals surface area contributed by atoms with Crippen LogP contribution in [-0.2, 0) is 4.79 Å². The van der Waals surface area contributed by atoms with Crippen molar-refractivity contribution in [1.82, 2.24) is 5.32 Å². The van der Waals surface area contributed by atoms with Crippen molar-refractivity contribution in [2.24, 2.45) is 5.92 Å². The molecule has 0 bridgehead atoms. The number of carboxylic acids is 1. The summed E-state index contributed by atoms with van der Waals surface area (Å²) in [4.78, 5) is 23.5. The number of carboxylic acid groups (broad SMARTS) is 1. The molecule has 0 unspecified atom stereocenters. The molecule has 0 spiro atoms. The van der Waals surface area contributed by atoms with E-state index in [2.05, 4.69) is 5.32 Å². The van der Waals surface area contributed by atoms with Crippen molar-refractivity contribution in [3.05, 3.63) is 23.8 Å². The highest BCUT2D eigenvalue weighted by Gasteiger charge is 2.22. The molecular formula is C17H25NO5. The van der Waals surface area contributed by atoms with Gasteiger partial charge in [0.05, 0.1) is 13.2 Å². The number of aliphatic carboxylic acids is 1. The molecule has 1 aromatic carbocycles. The lowest BCUT2D eigenvalue weighted by Crippen LogP contribution is -2.41. The Kier molecular flexibility index (Phi) is 6.88. The van der Waals surface area contributed by atoms with Crippen molar-refractivity contribution in [3.63, 3.8) is 0 Å². The number of ether oxygens (including phenoxy) is 2. The van der Waals surface area contributed by atoms with Crippen molar-refractivity contribution >= 4 is 11.9 Å². The maximum Gasteiger partial charge on any atom is 0.326 e. The van der Waals surface area contributed by atoms with Crippen LogP contribution in [0.1, 0.15) is 44.5 Å². The van der Waals surface area contributed by atoms with E-state index in [4.69, 9.17) is 9.47 Å². The van der Waals surface area contributed by atoms with Gasteiger partial charge < -0.3 is 19.9 Å². The zero-order valence-corrected chi connectivity index (χ0v) is 14.3. The first-order valence-corrected chi connectivity index (χ1v) is 7.63. The van der Waals surface area contributed by atoms with E-state index in [1.165, 1.54) is 7.11 Å². The maximum absolute atomic E-state index is 12.3. The number of nitrogens with one attached hydrogen (secondary N) is 1. The van der Waals surface area contributed by atoms with Gasteiger partial charge in [0.2, 0.25) is 0 Å². The summed E-state index contributed by atoms with van der Waals surface area (Å²) < 4.78 is 10.8. The molecule has 6 nitrogen and oxygen atoms in total. The Hall–Kier alpha value is -2.24. The lowest BCUT2D eigenvalue weighted by atomic mass is 10.0. The third-order valence-corrected chi connectivity index (χ3v) is 3.10. The van der Waals surface area contributed by atoms with Crippen molar-refractivity contribution < 1.29 is 24.2 Å². The van der Waals surface area contributed by atoms with Gasteiger partial charge in [-0.05, 0) is 44.4 Å². The Morgan fingerprint density at radius 1 is 1.17 bits per heavy atom. The molecule has 2 N–H and O–H groups in total. The van der Waals surface area contributed by atoms with Gasteiger partial charge in [-0.2, -0.15) is 0 Å². The molecule has 0 aliphatic carbocycles. The Bertz CT molecular complexity index is 554. The number of benzene rings is 1. The minimum Gasteiger partial charge on any atom is -0.493 e. The van der Waals surface area contributed by atoms with Crippen molar-refractivity contribution in [3.8, 4) is 11.5 Å². The van der Waals surface area contributed by atoms with Gasteiger partial charge in [-0.3, -0.25) is 4.79 Å². The van der Waals surface area contributed by atoms with Crippen LogP contribution in [0.3, 0.4) is 0 Å². The standard InChI is InChI=1S/C17H25NO5/c1-10(2)8-13(17(20)21)18-16(19)12-6-7-14(23-11(3)4)15(9-12)22-5/h6-7,9-11,13H,8H2,1-5H3,(H,18,19)(H,20,21)/t13-/m0/s1. The second-order valence-corrected chi connectivity index (χ2v) is 6.03. The Morgan fingerprint density at radius 2 is 1.83 bits per heavy atom. The van der Waals surface area contributed by atoms with Gasteiger partial charge in [-0.1, -0.05) is 13.8 Å². The van der Waals surface area contributed by atoms with Gasteiger partial charge in [0, 0.05) is 5.56 Å². The van der Waals surface area contributed by atoms with E-state index in [9.17, 15) is 14.7 Å². The first kappa shape index (κ1) is 18.8. The number of hydrogen-bond donors (Lipinski definition) is 2. The molecule has 1 atom stereocenters. The fraction of sp³-hybridized carbons (Fsp3) is 0.529. The third-order valence-electron chi connectivity index (χ3n) is 3.10. The number of methoxy groups -OCH3 is 1. The van der Waals surface area contributed by atoms with Gasteiger partial charge in [-0.25, -0.2) is 4.79 Å². The van der Waals surface area contributed by atoms with Crippen LogP contribution in [0.5, 0.6) is 11.5 Å². The smallest absolute Gasteiger partial charge is 0.326 e. The lowest BCUT2D eigenvalue weighted by molar-refractivity contribution is -0.139. The van der Waals surface area contributed by atoms with E-state index < -0.39 is 17.9 Å². The van der Waals surface area contributed by atoms with Crippen LogP contribution in [0, 0.1) is 5.92 Å². The second-order valence-electron chi connectivity index (χ2n) is 6.03. The van der Waals surface area contributed by atoms with Crippen LogP contribution in [0.15, 0.2) is 18.2 Å². The van der Waals surface area contributed by atoms with Crippen molar-refractivity contribution in [1.29, 1.82) is 0 Å². The van der Waals surface area contributed by atoms with E-state index in [-0.39, 0.29) is 12.0 Å². The summed E-state index contributed by atoms with van der Waals surface area (Å²) in [7, 11) is 1.49. The number of amides is 1. The van der Waals surface area contributed by atoms with Gasteiger partial charge >= 0.3 is 5.97 Å². The molecule has 0 aromatic heterocycles. The lowest BCUT2D eigenvalue weighted by Gasteiger charge is -2.17. The molecule has 0 heterocycles. The van der Waals surface area contributed by atoms with E-state index in [0.717, 1.165) is 0 Å². The number of rotatable bonds is 8. The zero-order chi connectivity index (χ0) is 17.6. The molecule has 0 saturated carbocycles. The highest BCUT2D eigenvalue weighted by Crippen LogP contribution is 2.29. The summed E-state index contributed by atoms with van der Waals surface area (Å²) in [5.74, 6) is -0.364. The Morgan fingerprint density at radius 3 is 2.30 bits per heavy atom. The fourth-order valence-corrected chi connectivity index (χ4v) is 2.09. The van der Waals surface area contributed by atoms with E-state index in [0.29, 0.717) is 23.5 Å². The summed E-state index contributed by atoms with van der Waals surface area (Å²) in [6.07, 6.45) is 0.346. The first-order chi connectivity index (χ1) is 10.7. The fourth-order valence-electron chi connectivity index (χ4n) is 2.09. The molecular weight excluding hydrogens is 298 g/mol. The van der Waals surface area contributed by atoms with Gasteiger partial charge in [0.15, 0.2) is 11.5 Å². The highest BCUT2D eigenvalue weighted by atomic mass is 16.5. The third kappa shape index (κ3) is 5.81. The van der Waals surface area contributed by atoms with Crippen LogP contribution < -0.4 is 14.8 Å². The largest absolute Gasteiger partial charge is 0.493 e. The number of hydrogen-bond acceptors (Lipinski definition) is 4. The minimum absolute atomic E-state index is 0.0222. The Balaban J connectivity index is 2.92. The average Bonchev–Trinajstić information content (AvgIpc) is 2.45. The predicted molar refractivity (Wildman–Crippen MR) is 87.1 cm³/mol. The molecule has 23 heavy (non-hydrogen) atoms. The number of carbonyl (C=O) groups is 2. The van der Waals surface area contributed by atoms with Gasteiger partial charge in [-0.15, -0.1) is 0 Å². The minimum atomic E-state index is -1.04. The Labute approximate surface area is 136 Å². The molecule has 0 fully saturated rings. The topological polar surface area (TPSA) is 84.9 Å². The summed E-state index contributed by atoms with van der Waals surface area (Å²) in [6, 6.07) is 3.86. The number of carbonyl (C=O) groups excluding carboxylic acids is 1. The zero-order valence-electron chi connectivity index (χ0n) is 14.3. The molecule has 1 amide bonds. The summed E-state index contributed by atoms with van der Waals surface area (Å²) in [5.41, 5.74) is 0.327. The monoisotopic (exact) mass is 323 g/mol. The summed E-state index contributed by atoms with van der Waals surface area (Å²) >= 11 is 0. The quantitative estimate of drug-likeness (QED) is 0.768. The van der Waals surface area contributed by atoms with Crippen molar-refractivity contribution in [2.45, 2.75) is 46.3 Å². The summed E-state index contributed by atoms with van der Waals surface area (Å²) in [5, 5.41) is 11.7. The van der Waals surface area contributed by atoms with Crippen LogP contribution in [0.4, 0.5) is 0 Å². The van der Waals surface area contributed by atoms with E-state index >= 15 is 0 Å². The molecule has 0 aliphatic rings.